The number of nitrogens with zero attached hydrogens (tertiary/aromatic N) is 3. The number of rotatable bonds is 6. The molecule has 3 aromatic heterocycles. The van der Waals surface area contributed by atoms with Gasteiger partial charge in [-0.15, -0.1) is 0 Å². The zero-order valence-corrected chi connectivity index (χ0v) is 19.4. The number of nitrogens with one attached hydrogen (secondary N) is 1. The van der Waals surface area contributed by atoms with E-state index in [1.54, 1.807) is 29.7 Å². The number of carbonyl (C=O) groups is 2. The number of quaternary nitrogens is 1. The van der Waals surface area contributed by atoms with Crippen LogP contribution >= 0.6 is 0 Å². The monoisotopic (exact) mass is 465 g/mol. The molecule has 2 saturated heterocycles. The lowest BCUT2D eigenvalue weighted by Crippen LogP contribution is -3.14. The van der Waals surface area contributed by atoms with E-state index in [0.29, 0.717) is 35.1 Å². The van der Waals surface area contributed by atoms with Gasteiger partial charge >= 0.3 is 0 Å². The third kappa shape index (κ3) is 3.91. The Morgan fingerprint density at radius 2 is 1.97 bits per heavy atom. The van der Waals surface area contributed by atoms with Crippen LogP contribution in [0.25, 0.3) is 11.4 Å². The number of furan rings is 1. The molecule has 34 heavy (non-hydrogen) atoms. The van der Waals surface area contributed by atoms with Crippen LogP contribution in [-0.4, -0.2) is 70.5 Å². The summed E-state index contributed by atoms with van der Waals surface area (Å²) in [5.41, 5.74) is 1.65. The molecule has 0 saturated carbocycles. The van der Waals surface area contributed by atoms with Crippen molar-refractivity contribution in [2.45, 2.75) is 26.3 Å². The highest BCUT2D eigenvalue weighted by Crippen LogP contribution is 2.40. The van der Waals surface area contributed by atoms with Crippen LogP contribution in [0, 0.1) is 13.8 Å². The predicted octanol–water partition coefficient (Wildman–Crippen LogP) is 1.27. The van der Waals surface area contributed by atoms with Crippen LogP contribution in [0.4, 0.5) is 0 Å². The molecule has 3 aromatic rings. The molecule has 0 bridgehead atoms. The van der Waals surface area contributed by atoms with Crippen molar-refractivity contribution in [1.82, 2.24) is 14.3 Å². The Morgan fingerprint density at radius 3 is 2.71 bits per heavy atom. The van der Waals surface area contributed by atoms with Crippen molar-refractivity contribution in [3.63, 3.8) is 0 Å². The topological polar surface area (TPSA) is 102 Å². The first-order valence-corrected chi connectivity index (χ1v) is 11.7. The van der Waals surface area contributed by atoms with Gasteiger partial charge in [-0.2, -0.15) is 0 Å². The number of fused-ring (bicyclic) bond motifs is 1. The van der Waals surface area contributed by atoms with Crippen LogP contribution < -0.4 is 4.90 Å². The fourth-order valence-electron chi connectivity index (χ4n) is 4.94. The number of morpholine rings is 1. The summed E-state index contributed by atoms with van der Waals surface area (Å²) in [6.45, 7) is 8.21. The SMILES string of the molecule is Cc1ccc([C@@H]2/C(=C(/O)c3c(C)nc4ccccn34)C(=O)C(=O)N2CCC[NH+]2CCOCC2)o1. The Labute approximate surface area is 197 Å². The molecule has 0 spiro atoms. The van der Waals surface area contributed by atoms with Crippen LogP contribution in [-0.2, 0) is 14.3 Å². The molecule has 0 aromatic carbocycles. The summed E-state index contributed by atoms with van der Waals surface area (Å²) in [5, 5.41) is 11.4. The third-order valence-electron chi connectivity index (χ3n) is 6.63. The second kappa shape index (κ2) is 9.08. The standard InChI is InChI=1S/C25H28N4O5/c1-16-7-8-18(34-16)22-20(23(30)21-17(2)26-19-6-3-4-10-28(19)21)24(31)25(32)29(22)11-5-9-27-12-14-33-15-13-27/h3-4,6-8,10,22,30H,5,9,11-15H2,1-2H3/p+1/b23-20-/t22-/m1/s1. The molecule has 0 unspecified atom stereocenters. The Bertz CT molecular complexity index is 1270. The lowest BCUT2D eigenvalue weighted by atomic mass is 10.0. The number of imidazole rings is 1. The normalized spacial score (nSPS) is 21.1. The Hall–Kier alpha value is -3.43. The van der Waals surface area contributed by atoms with E-state index < -0.39 is 17.7 Å². The highest BCUT2D eigenvalue weighted by molar-refractivity contribution is 6.46. The van der Waals surface area contributed by atoms with E-state index in [1.807, 2.05) is 25.1 Å². The Balaban J connectivity index is 1.53. The molecular formula is C25H29N4O5+. The van der Waals surface area contributed by atoms with Gasteiger partial charge in [0.15, 0.2) is 5.76 Å². The predicted molar refractivity (Wildman–Crippen MR) is 123 cm³/mol. The maximum Gasteiger partial charge on any atom is 0.295 e. The molecule has 1 amide bonds. The zero-order chi connectivity index (χ0) is 23.8. The van der Waals surface area contributed by atoms with Gasteiger partial charge in [0.25, 0.3) is 11.7 Å². The van der Waals surface area contributed by atoms with Crippen molar-refractivity contribution >= 4 is 23.1 Å². The molecule has 178 valence electrons. The highest BCUT2D eigenvalue weighted by atomic mass is 16.5. The van der Waals surface area contributed by atoms with Gasteiger partial charge in [-0.25, -0.2) is 4.98 Å². The molecule has 1 atom stereocenters. The first-order valence-electron chi connectivity index (χ1n) is 11.7. The van der Waals surface area contributed by atoms with Crippen LogP contribution in [0.1, 0.15) is 35.4 Å². The number of ether oxygens (including phenoxy) is 1. The number of carbonyl (C=O) groups excluding carboxylic acids is 2. The van der Waals surface area contributed by atoms with E-state index in [-0.39, 0.29) is 11.3 Å². The van der Waals surface area contributed by atoms with E-state index >= 15 is 0 Å². The molecule has 5 heterocycles. The maximum atomic E-state index is 13.3. The van der Waals surface area contributed by atoms with E-state index in [9.17, 15) is 14.7 Å². The lowest BCUT2D eigenvalue weighted by Gasteiger charge is -2.26. The number of ketones is 1. The number of pyridine rings is 1. The van der Waals surface area contributed by atoms with Gasteiger partial charge in [-0.05, 0) is 38.1 Å². The third-order valence-corrected chi connectivity index (χ3v) is 6.63. The van der Waals surface area contributed by atoms with Crippen LogP contribution in [0.2, 0.25) is 0 Å². The average molecular weight is 466 g/mol. The molecule has 0 radical (unpaired) electrons. The van der Waals surface area contributed by atoms with Crippen molar-refractivity contribution in [2.75, 3.05) is 39.4 Å². The van der Waals surface area contributed by atoms with Gasteiger partial charge in [0.05, 0.1) is 31.0 Å². The second-order valence-electron chi connectivity index (χ2n) is 8.88. The van der Waals surface area contributed by atoms with Crippen LogP contribution in [0.5, 0.6) is 0 Å². The minimum atomic E-state index is -0.790. The number of aryl methyl sites for hydroxylation is 2. The maximum absolute atomic E-state index is 13.3. The summed E-state index contributed by atoms with van der Waals surface area (Å²) >= 11 is 0. The summed E-state index contributed by atoms with van der Waals surface area (Å²) in [6, 6.07) is 8.27. The first-order chi connectivity index (χ1) is 16.5. The minimum Gasteiger partial charge on any atom is -0.505 e. The average Bonchev–Trinajstić information content (AvgIpc) is 3.48. The first kappa shape index (κ1) is 22.4. The van der Waals surface area contributed by atoms with Gasteiger partial charge in [0.2, 0.25) is 0 Å². The van der Waals surface area contributed by atoms with E-state index in [4.69, 9.17) is 9.15 Å². The number of aromatic nitrogens is 2. The lowest BCUT2D eigenvalue weighted by molar-refractivity contribution is -0.908. The number of hydrogen-bond acceptors (Lipinski definition) is 6. The number of amides is 1. The summed E-state index contributed by atoms with van der Waals surface area (Å²) in [6.07, 6.45) is 2.50. The number of likely N-dealkylation sites (tertiary alicyclic amines) is 1. The number of hydrogen-bond donors (Lipinski definition) is 2. The summed E-state index contributed by atoms with van der Waals surface area (Å²) in [5.74, 6) is -0.438. The fourth-order valence-corrected chi connectivity index (χ4v) is 4.94. The molecule has 2 aliphatic rings. The molecule has 9 nitrogen and oxygen atoms in total. The zero-order valence-electron chi connectivity index (χ0n) is 19.4. The second-order valence-corrected chi connectivity index (χ2v) is 8.88. The van der Waals surface area contributed by atoms with Crippen molar-refractivity contribution in [1.29, 1.82) is 0 Å². The molecule has 9 heteroatoms. The van der Waals surface area contributed by atoms with Gasteiger partial charge in [0, 0.05) is 19.2 Å². The fraction of sp³-hybridized carbons (Fsp3) is 0.400. The van der Waals surface area contributed by atoms with Gasteiger partial charge < -0.3 is 24.1 Å². The van der Waals surface area contributed by atoms with Crippen molar-refractivity contribution < 1.29 is 28.7 Å². The highest BCUT2D eigenvalue weighted by Gasteiger charge is 2.48. The minimum absolute atomic E-state index is 0.0341. The number of aliphatic hydroxyl groups excluding tert-OH is 1. The van der Waals surface area contributed by atoms with Crippen molar-refractivity contribution in [3.05, 3.63) is 65.0 Å². The summed E-state index contributed by atoms with van der Waals surface area (Å²) < 4.78 is 13.0. The molecule has 2 aliphatic heterocycles. The Morgan fingerprint density at radius 1 is 1.18 bits per heavy atom. The quantitative estimate of drug-likeness (QED) is 0.323. The largest absolute Gasteiger partial charge is 0.505 e. The molecule has 2 N–H and O–H groups in total. The van der Waals surface area contributed by atoms with Crippen molar-refractivity contribution in [2.24, 2.45) is 0 Å². The smallest absolute Gasteiger partial charge is 0.295 e. The van der Waals surface area contributed by atoms with E-state index in [1.165, 1.54) is 9.80 Å². The molecular weight excluding hydrogens is 436 g/mol. The van der Waals surface area contributed by atoms with Gasteiger partial charge in [-0.1, -0.05) is 6.07 Å². The summed E-state index contributed by atoms with van der Waals surface area (Å²) in [7, 11) is 0. The summed E-state index contributed by atoms with van der Waals surface area (Å²) in [4.78, 5) is 33.9. The van der Waals surface area contributed by atoms with E-state index in [2.05, 4.69) is 4.98 Å². The number of aliphatic hydroxyl groups is 1. The van der Waals surface area contributed by atoms with Gasteiger partial charge in [-0.3, -0.25) is 14.0 Å². The van der Waals surface area contributed by atoms with E-state index in [0.717, 1.165) is 39.3 Å². The molecule has 0 aliphatic carbocycles. The Kier molecular flexibility index (Phi) is 5.97. The van der Waals surface area contributed by atoms with Crippen molar-refractivity contribution in [3.8, 4) is 0 Å². The van der Waals surface area contributed by atoms with Crippen LogP contribution in [0.3, 0.4) is 0 Å². The number of Topliss-reactive ketones (excluding diaryl/α,β-unsaturated/α-hetero) is 1. The van der Waals surface area contributed by atoms with Gasteiger partial charge in [0.1, 0.15) is 42.0 Å². The molecule has 5 rings (SSSR count). The van der Waals surface area contributed by atoms with Crippen LogP contribution in [0.15, 0.2) is 46.5 Å². The molecule has 2 fully saturated rings.